The van der Waals surface area contributed by atoms with E-state index in [1.54, 1.807) is 30.5 Å². The number of benzene rings is 1. The molecule has 0 atom stereocenters. The Labute approximate surface area is 181 Å². The first-order valence-corrected chi connectivity index (χ1v) is 10.1. The van der Waals surface area contributed by atoms with Gasteiger partial charge >= 0.3 is 6.18 Å². The molecular formula is C23H18F3N5O. The highest BCUT2D eigenvalue weighted by molar-refractivity contribution is 5.87. The second-order valence-electron chi connectivity index (χ2n) is 7.41. The summed E-state index contributed by atoms with van der Waals surface area (Å²) in [5, 5.41) is 3.61. The first-order valence-electron chi connectivity index (χ1n) is 10.1. The van der Waals surface area contributed by atoms with Crippen LogP contribution >= 0.6 is 0 Å². The van der Waals surface area contributed by atoms with Gasteiger partial charge in [-0.05, 0) is 36.2 Å². The van der Waals surface area contributed by atoms with Crippen LogP contribution in [0.3, 0.4) is 0 Å². The van der Waals surface area contributed by atoms with E-state index in [0.717, 1.165) is 29.5 Å². The number of hydrogen-bond acceptors (Lipinski definition) is 6. The normalized spacial score (nSPS) is 13.1. The van der Waals surface area contributed by atoms with Gasteiger partial charge in [-0.1, -0.05) is 6.07 Å². The van der Waals surface area contributed by atoms with E-state index in [2.05, 4.69) is 25.3 Å². The van der Waals surface area contributed by atoms with Gasteiger partial charge < -0.3 is 10.1 Å². The molecule has 0 saturated heterocycles. The fourth-order valence-electron chi connectivity index (χ4n) is 3.83. The van der Waals surface area contributed by atoms with Crippen LogP contribution in [0.5, 0.6) is 5.75 Å². The van der Waals surface area contributed by atoms with Gasteiger partial charge in [-0.2, -0.15) is 13.2 Å². The molecule has 0 amide bonds. The largest absolute Gasteiger partial charge is 0.491 e. The predicted octanol–water partition coefficient (Wildman–Crippen LogP) is 4.70. The Kier molecular flexibility index (Phi) is 5.08. The van der Waals surface area contributed by atoms with Gasteiger partial charge in [0.25, 0.3) is 0 Å². The van der Waals surface area contributed by atoms with Gasteiger partial charge in [0.2, 0.25) is 0 Å². The molecule has 0 spiro atoms. The Balaban J connectivity index is 1.39. The molecule has 0 fully saturated rings. The number of rotatable bonds is 5. The van der Waals surface area contributed by atoms with Crippen LogP contribution < -0.4 is 10.1 Å². The zero-order chi connectivity index (χ0) is 22.1. The Hall–Kier alpha value is -3.75. The maximum absolute atomic E-state index is 13.6. The van der Waals surface area contributed by atoms with E-state index in [4.69, 9.17) is 4.74 Å². The van der Waals surface area contributed by atoms with Gasteiger partial charge in [0, 0.05) is 42.4 Å². The SMILES string of the molecule is FC(F)(F)c1cc(-c2cc(NCCc3ccnc4c3OCC4)ncn2)cc2cccnc12. The molecule has 9 heteroatoms. The monoisotopic (exact) mass is 437 g/mol. The second-order valence-corrected chi connectivity index (χ2v) is 7.41. The zero-order valence-electron chi connectivity index (χ0n) is 16.9. The van der Waals surface area contributed by atoms with Crippen LogP contribution in [-0.2, 0) is 19.0 Å². The van der Waals surface area contributed by atoms with Gasteiger partial charge in [-0.3, -0.25) is 9.97 Å². The molecule has 0 radical (unpaired) electrons. The second kappa shape index (κ2) is 8.07. The number of halogens is 3. The molecule has 5 rings (SSSR count). The van der Waals surface area contributed by atoms with Crippen molar-refractivity contribution in [1.29, 1.82) is 0 Å². The third-order valence-corrected chi connectivity index (χ3v) is 5.32. The van der Waals surface area contributed by atoms with Crippen LogP contribution in [0.4, 0.5) is 19.0 Å². The first-order chi connectivity index (χ1) is 15.5. The molecule has 0 bridgehead atoms. The number of hydrogen-bond donors (Lipinski definition) is 1. The number of nitrogens with zero attached hydrogens (tertiary/aromatic N) is 4. The molecule has 4 aromatic rings. The molecule has 4 heterocycles. The highest BCUT2D eigenvalue weighted by Gasteiger charge is 2.34. The molecule has 0 unspecified atom stereocenters. The summed E-state index contributed by atoms with van der Waals surface area (Å²) in [6.45, 7) is 1.22. The standard InChI is InChI=1S/C23H18F3N5O/c24-23(25,26)17-11-16(10-15-2-1-6-29-21(15)17)19-12-20(31-13-30-19)28-8-4-14-3-7-27-18-5-9-32-22(14)18/h1-3,6-7,10-13H,4-5,8-9H2,(H,28,30,31). The maximum atomic E-state index is 13.6. The average Bonchev–Trinajstić information content (AvgIpc) is 3.28. The minimum absolute atomic E-state index is 0.0803. The average molecular weight is 437 g/mol. The lowest BCUT2D eigenvalue weighted by Crippen LogP contribution is -2.08. The van der Waals surface area contributed by atoms with Crippen molar-refractivity contribution in [1.82, 2.24) is 19.9 Å². The van der Waals surface area contributed by atoms with Gasteiger partial charge in [0.05, 0.1) is 29.1 Å². The zero-order valence-corrected chi connectivity index (χ0v) is 16.9. The Bertz CT molecular complexity index is 1290. The summed E-state index contributed by atoms with van der Waals surface area (Å²) in [5.74, 6) is 1.38. The molecule has 1 aliphatic heterocycles. The number of pyridine rings is 2. The third-order valence-electron chi connectivity index (χ3n) is 5.32. The van der Waals surface area contributed by atoms with Crippen LogP contribution in [-0.4, -0.2) is 33.1 Å². The van der Waals surface area contributed by atoms with E-state index >= 15 is 0 Å². The molecule has 0 aliphatic carbocycles. The molecule has 32 heavy (non-hydrogen) atoms. The molecule has 1 N–H and O–H groups in total. The summed E-state index contributed by atoms with van der Waals surface area (Å²) < 4.78 is 46.5. The molecule has 1 aromatic carbocycles. The van der Waals surface area contributed by atoms with Gasteiger partial charge in [0.15, 0.2) is 0 Å². The van der Waals surface area contributed by atoms with Crippen LogP contribution in [0.15, 0.2) is 55.1 Å². The molecule has 1 aliphatic rings. The predicted molar refractivity (Wildman–Crippen MR) is 113 cm³/mol. The number of ether oxygens (including phenoxy) is 1. The maximum Gasteiger partial charge on any atom is 0.418 e. The number of anilines is 1. The van der Waals surface area contributed by atoms with Crippen molar-refractivity contribution in [2.45, 2.75) is 19.0 Å². The van der Waals surface area contributed by atoms with E-state index in [-0.39, 0.29) is 5.52 Å². The van der Waals surface area contributed by atoms with Crippen LogP contribution in [0.2, 0.25) is 0 Å². The van der Waals surface area contributed by atoms with Crippen LogP contribution in [0.1, 0.15) is 16.8 Å². The summed E-state index contributed by atoms with van der Waals surface area (Å²) in [7, 11) is 0. The lowest BCUT2D eigenvalue weighted by Gasteiger charge is -2.13. The van der Waals surface area contributed by atoms with E-state index in [9.17, 15) is 13.2 Å². The van der Waals surface area contributed by atoms with Crippen molar-refractivity contribution in [3.8, 4) is 17.0 Å². The summed E-state index contributed by atoms with van der Waals surface area (Å²) >= 11 is 0. The number of nitrogens with one attached hydrogen (secondary N) is 1. The molecule has 0 saturated carbocycles. The van der Waals surface area contributed by atoms with E-state index in [1.165, 1.54) is 12.5 Å². The number of aromatic nitrogens is 4. The summed E-state index contributed by atoms with van der Waals surface area (Å²) in [5.41, 5.74) is 1.91. The fourth-order valence-corrected chi connectivity index (χ4v) is 3.83. The number of alkyl halides is 3. The van der Waals surface area contributed by atoms with Crippen LogP contribution in [0.25, 0.3) is 22.2 Å². The van der Waals surface area contributed by atoms with Crippen molar-refractivity contribution in [2.24, 2.45) is 0 Å². The van der Waals surface area contributed by atoms with E-state index in [0.29, 0.717) is 42.0 Å². The quantitative estimate of drug-likeness (QED) is 0.488. The summed E-state index contributed by atoms with van der Waals surface area (Å²) in [6.07, 6.45) is 1.46. The van der Waals surface area contributed by atoms with Gasteiger partial charge in [-0.25, -0.2) is 9.97 Å². The Morgan fingerprint density at radius 3 is 2.78 bits per heavy atom. The molecular weight excluding hydrogens is 419 g/mol. The highest BCUT2D eigenvalue weighted by atomic mass is 19.4. The Morgan fingerprint density at radius 2 is 1.91 bits per heavy atom. The first kappa shape index (κ1) is 20.2. The lowest BCUT2D eigenvalue weighted by atomic mass is 10.0. The highest BCUT2D eigenvalue weighted by Crippen LogP contribution is 2.37. The van der Waals surface area contributed by atoms with E-state index < -0.39 is 11.7 Å². The fraction of sp³-hybridized carbons (Fsp3) is 0.217. The molecule has 3 aromatic heterocycles. The van der Waals surface area contributed by atoms with Gasteiger partial charge in [0.1, 0.15) is 17.9 Å². The van der Waals surface area contributed by atoms with Crippen molar-refractivity contribution >= 4 is 16.7 Å². The minimum atomic E-state index is -4.52. The van der Waals surface area contributed by atoms with Crippen molar-refractivity contribution in [3.05, 3.63) is 71.9 Å². The Morgan fingerprint density at radius 1 is 1.00 bits per heavy atom. The van der Waals surface area contributed by atoms with Crippen molar-refractivity contribution in [3.63, 3.8) is 0 Å². The van der Waals surface area contributed by atoms with E-state index in [1.807, 2.05) is 6.07 Å². The molecule has 6 nitrogen and oxygen atoms in total. The molecule has 162 valence electrons. The minimum Gasteiger partial charge on any atom is -0.491 e. The topological polar surface area (TPSA) is 72.8 Å². The number of fused-ring (bicyclic) bond motifs is 2. The summed E-state index contributed by atoms with van der Waals surface area (Å²) in [4.78, 5) is 16.6. The van der Waals surface area contributed by atoms with Gasteiger partial charge in [-0.15, -0.1) is 0 Å². The van der Waals surface area contributed by atoms with Crippen LogP contribution in [0, 0.1) is 0 Å². The lowest BCUT2D eigenvalue weighted by molar-refractivity contribution is -0.136. The smallest absolute Gasteiger partial charge is 0.418 e. The third kappa shape index (κ3) is 3.93. The summed E-state index contributed by atoms with van der Waals surface area (Å²) in [6, 6.07) is 9.53. The van der Waals surface area contributed by atoms with Crippen molar-refractivity contribution in [2.75, 3.05) is 18.5 Å². The van der Waals surface area contributed by atoms with Crippen molar-refractivity contribution < 1.29 is 17.9 Å².